The van der Waals surface area contributed by atoms with E-state index < -0.39 is 0 Å². The van der Waals surface area contributed by atoms with Gasteiger partial charge in [0.25, 0.3) is 0 Å². The fourth-order valence-electron chi connectivity index (χ4n) is 1.25. The molecule has 82 valence electrons. The van der Waals surface area contributed by atoms with Gasteiger partial charge in [-0.25, -0.2) is 4.79 Å². The Bertz CT molecular complexity index is 324. The van der Waals surface area contributed by atoms with E-state index in [9.17, 15) is 4.79 Å². The maximum absolute atomic E-state index is 11.3. The van der Waals surface area contributed by atoms with Gasteiger partial charge in [0, 0.05) is 11.4 Å². The predicted octanol–water partition coefficient (Wildman–Crippen LogP) is 1.06. The van der Waals surface area contributed by atoms with Crippen molar-refractivity contribution in [3.05, 3.63) is 34.9 Å². The molecule has 1 unspecified atom stereocenters. The van der Waals surface area contributed by atoms with Gasteiger partial charge >= 0.3 is 5.97 Å². The molecule has 0 saturated heterocycles. The van der Waals surface area contributed by atoms with Gasteiger partial charge < -0.3 is 10.5 Å². The first kappa shape index (κ1) is 12.0. The Morgan fingerprint density at radius 3 is 2.60 bits per heavy atom. The molecule has 0 aliphatic heterocycles. The van der Waals surface area contributed by atoms with Gasteiger partial charge in [0.1, 0.15) is 0 Å². The van der Waals surface area contributed by atoms with Crippen LogP contribution >= 0.6 is 11.6 Å². The van der Waals surface area contributed by atoms with Crippen LogP contribution in [-0.4, -0.2) is 18.6 Å². The van der Waals surface area contributed by atoms with Crippen LogP contribution in [0, 0.1) is 0 Å². The van der Waals surface area contributed by atoms with Gasteiger partial charge in [0.2, 0.25) is 0 Å². The van der Waals surface area contributed by atoms with E-state index in [2.05, 4.69) is 5.73 Å². The first-order valence-corrected chi connectivity index (χ1v) is 5.25. The third-order valence-electron chi connectivity index (χ3n) is 2.02. The van der Waals surface area contributed by atoms with Crippen molar-refractivity contribution in [2.75, 3.05) is 6.61 Å². The van der Waals surface area contributed by atoms with Gasteiger partial charge in [0.15, 0.2) is 6.04 Å². The second-order valence-corrected chi connectivity index (χ2v) is 3.72. The molecule has 0 aliphatic carbocycles. The van der Waals surface area contributed by atoms with Crippen molar-refractivity contribution in [2.24, 2.45) is 0 Å². The molecule has 0 aromatic heterocycles. The summed E-state index contributed by atoms with van der Waals surface area (Å²) >= 11 is 5.75. The Morgan fingerprint density at radius 2 is 2.07 bits per heavy atom. The Hall–Kier alpha value is -1.06. The topological polar surface area (TPSA) is 53.9 Å². The van der Waals surface area contributed by atoms with Crippen LogP contribution in [0.15, 0.2) is 24.3 Å². The lowest BCUT2D eigenvalue weighted by Gasteiger charge is -2.07. The number of quaternary nitrogens is 1. The van der Waals surface area contributed by atoms with Crippen molar-refractivity contribution in [2.45, 2.75) is 19.4 Å². The van der Waals surface area contributed by atoms with E-state index >= 15 is 0 Å². The number of rotatable bonds is 4. The van der Waals surface area contributed by atoms with Gasteiger partial charge in [0.05, 0.1) is 6.61 Å². The Morgan fingerprint density at radius 1 is 1.47 bits per heavy atom. The van der Waals surface area contributed by atoms with E-state index in [1.165, 1.54) is 0 Å². The molecular formula is C11H15ClNO2+. The Labute approximate surface area is 94.2 Å². The maximum atomic E-state index is 11.3. The molecule has 1 atom stereocenters. The minimum absolute atomic E-state index is 0.257. The Kier molecular flexibility index (Phi) is 4.59. The molecule has 0 bridgehead atoms. The van der Waals surface area contributed by atoms with Crippen molar-refractivity contribution in [3.63, 3.8) is 0 Å². The fourth-order valence-corrected chi connectivity index (χ4v) is 1.37. The van der Waals surface area contributed by atoms with Gasteiger partial charge in [-0.15, -0.1) is 0 Å². The number of ether oxygens (including phenoxy) is 1. The molecule has 0 heterocycles. The maximum Gasteiger partial charge on any atom is 0.365 e. The smallest absolute Gasteiger partial charge is 0.365 e. The van der Waals surface area contributed by atoms with E-state index in [1.54, 1.807) is 19.1 Å². The monoisotopic (exact) mass is 228 g/mol. The molecule has 1 rings (SSSR count). The highest BCUT2D eigenvalue weighted by Gasteiger charge is 2.18. The fraction of sp³-hybridized carbons (Fsp3) is 0.364. The highest BCUT2D eigenvalue weighted by molar-refractivity contribution is 6.30. The standard InChI is InChI=1S/C11H14ClNO2/c1-2-15-11(14)10(13)7-8-3-5-9(12)6-4-8/h3-6,10H,2,7,13H2,1H3/p+1. The van der Waals surface area contributed by atoms with E-state index in [-0.39, 0.29) is 12.0 Å². The highest BCUT2D eigenvalue weighted by atomic mass is 35.5. The summed E-state index contributed by atoms with van der Waals surface area (Å²) in [5, 5.41) is 0.690. The van der Waals surface area contributed by atoms with Crippen LogP contribution in [-0.2, 0) is 16.0 Å². The summed E-state index contributed by atoms with van der Waals surface area (Å²) < 4.78 is 4.87. The van der Waals surface area contributed by atoms with E-state index in [0.717, 1.165) is 5.56 Å². The second-order valence-electron chi connectivity index (χ2n) is 3.28. The normalized spacial score (nSPS) is 12.2. The van der Waals surface area contributed by atoms with Gasteiger partial charge in [-0.1, -0.05) is 23.7 Å². The third kappa shape index (κ3) is 3.90. The van der Waals surface area contributed by atoms with E-state index in [0.29, 0.717) is 18.1 Å². The molecule has 0 fully saturated rings. The second kappa shape index (κ2) is 5.73. The minimum Gasteiger partial charge on any atom is -0.462 e. The van der Waals surface area contributed by atoms with Crippen LogP contribution in [0.5, 0.6) is 0 Å². The summed E-state index contributed by atoms with van der Waals surface area (Å²) in [5.41, 5.74) is 4.80. The number of halogens is 1. The van der Waals surface area contributed by atoms with Crippen molar-refractivity contribution in [1.29, 1.82) is 0 Å². The molecule has 0 aliphatic rings. The molecule has 15 heavy (non-hydrogen) atoms. The lowest BCUT2D eigenvalue weighted by molar-refractivity contribution is -0.407. The molecule has 0 amide bonds. The zero-order valence-electron chi connectivity index (χ0n) is 8.70. The summed E-state index contributed by atoms with van der Waals surface area (Å²) in [7, 11) is 0. The number of hydrogen-bond donors (Lipinski definition) is 1. The van der Waals surface area contributed by atoms with Crippen LogP contribution in [0.1, 0.15) is 12.5 Å². The third-order valence-corrected chi connectivity index (χ3v) is 2.27. The number of carbonyl (C=O) groups is 1. The van der Waals surface area contributed by atoms with Crippen molar-refractivity contribution in [1.82, 2.24) is 0 Å². The molecule has 1 aromatic rings. The van der Waals surface area contributed by atoms with E-state index in [1.807, 2.05) is 12.1 Å². The number of carbonyl (C=O) groups excluding carboxylic acids is 1. The lowest BCUT2D eigenvalue weighted by Crippen LogP contribution is -2.66. The van der Waals surface area contributed by atoms with E-state index in [4.69, 9.17) is 16.3 Å². The highest BCUT2D eigenvalue weighted by Crippen LogP contribution is 2.10. The average molecular weight is 229 g/mol. The lowest BCUT2D eigenvalue weighted by atomic mass is 10.1. The summed E-state index contributed by atoms with van der Waals surface area (Å²) in [6.45, 7) is 2.18. The summed E-state index contributed by atoms with van der Waals surface area (Å²) in [6.07, 6.45) is 0.579. The minimum atomic E-state index is -0.355. The molecular weight excluding hydrogens is 214 g/mol. The predicted molar refractivity (Wildman–Crippen MR) is 58.5 cm³/mol. The molecule has 1 aromatic carbocycles. The zero-order valence-corrected chi connectivity index (χ0v) is 9.46. The average Bonchev–Trinajstić information content (AvgIpc) is 2.22. The van der Waals surface area contributed by atoms with Crippen LogP contribution < -0.4 is 5.73 Å². The van der Waals surface area contributed by atoms with Crippen molar-refractivity contribution >= 4 is 17.6 Å². The molecule has 4 heteroatoms. The van der Waals surface area contributed by atoms with Crippen LogP contribution in [0.4, 0.5) is 0 Å². The summed E-state index contributed by atoms with van der Waals surface area (Å²) in [5.74, 6) is -0.257. The quantitative estimate of drug-likeness (QED) is 0.784. The van der Waals surface area contributed by atoms with Crippen LogP contribution in [0.3, 0.4) is 0 Å². The van der Waals surface area contributed by atoms with Gasteiger partial charge in [-0.2, -0.15) is 0 Å². The van der Waals surface area contributed by atoms with Crippen LogP contribution in [0.25, 0.3) is 0 Å². The van der Waals surface area contributed by atoms with Crippen molar-refractivity contribution < 1.29 is 15.3 Å². The number of benzene rings is 1. The van der Waals surface area contributed by atoms with Crippen molar-refractivity contribution in [3.8, 4) is 0 Å². The molecule has 0 spiro atoms. The first-order valence-electron chi connectivity index (χ1n) is 4.87. The zero-order chi connectivity index (χ0) is 11.3. The van der Waals surface area contributed by atoms with Crippen LogP contribution in [0.2, 0.25) is 5.02 Å². The summed E-state index contributed by atoms with van der Waals surface area (Å²) in [6, 6.07) is 7.02. The summed E-state index contributed by atoms with van der Waals surface area (Å²) in [4.78, 5) is 11.3. The SMILES string of the molecule is CCOC(=O)C([NH3+])Cc1ccc(Cl)cc1. The van der Waals surface area contributed by atoms with Gasteiger partial charge in [-0.3, -0.25) is 0 Å². The number of hydrogen-bond acceptors (Lipinski definition) is 2. The molecule has 3 nitrogen and oxygen atoms in total. The Balaban J connectivity index is 2.54. The first-order chi connectivity index (χ1) is 7.13. The van der Waals surface area contributed by atoms with Gasteiger partial charge in [-0.05, 0) is 24.6 Å². The molecule has 0 saturated carbocycles. The molecule has 0 radical (unpaired) electrons. The number of esters is 1. The largest absolute Gasteiger partial charge is 0.462 e. The molecule has 3 N–H and O–H groups in total.